The van der Waals surface area contributed by atoms with Gasteiger partial charge in [-0.2, -0.15) is 0 Å². The Hall–Kier alpha value is -2.64. The highest BCUT2D eigenvalue weighted by Crippen LogP contribution is 2.28. The fraction of sp³-hybridized carbons (Fsp3) is 0.600. The molecule has 2 rings (SSSR count). The Morgan fingerprint density at radius 1 is 0.500 bits per heavy atom. The summed E-state index contributed by atoms with van der Waals surface area (Å²) in [5.41, 5.74) is 0. The quantitative estimate of drug-likeness (QED) is 0.403. The second-order valence-corrected chi connectivity index (χ2v) is 6.40. The molecule has 0 unspecified atom stereocenters. The lowest BCUT2D eigenvalue weighted by atomic mass is 9.83. The monoisotopic (exact) mass is 396 g/mol. The van der Waals surface area contributed by atoms with Crippen LogP contribution in [-0.2, 0) is 38.1 Å². The van der Waals surface area contributed by atoms with Gasteiger partial charge in [-0.3, -0.25) is 19.2 Å². The van der Waals surface area contributed by atoms with Crippen molar-refractivity contribution in [3.05, 3.63) is 24.3 Å². The lowest BCUT2D eigenvalue weighted by molar-refractivity contribution is -0.157. The van der Waals surface area contributed by atoms with E-state index in [9.17, 15) is 19.2 Å². The normalized spacial score (nSPS) is 25.6. The van der Waals surface area contributed by atoms with Crippen LogP contribution in [0.1, 0.15) is 25.7 Å². The average Bonchev–Trinajstić information content (AvgIpc) is 2.77. The Balaban J connectivity index is 0.000000280. The highest BCUT2D eigenvalue weighted by molar-refractivity contribution is 5.83. The molecule has 0 saturated heterocycles. The summed E-state index contributed by atoms with van der Waals surface area (Å²) in [7, 11) is 5.31. The first-order valence-electron chi connectivity index (χ1n) is 9.02. The maximum atomic E-state index is 11.3. The molecule has 0 N–H and O–H groups in total. The first-order valence-corrected chi connectivity index (χ1v) is 9.02. The summed E-state index contributed by atoms with van der Waals surface area (Å²) in [5.74, 6) is -2.94. The minimum Gasteiger partial charge on any atom is -0.469 e. The number of carbonyl (C=O) groups excluding carboxylic acids is 4. The zero-order chi connectivity index (χ0) is 21.1. The van der Waals surface area contributed by atoms with E-state index >= 15 is 0 Å². The maximum Gasteiger partial charge on any atom is 0.309 e. The summed E-state index contributed by atoms with van der Waals surface area (Å²) in [6.07, 6.45) is 9.75. The SMILES string of the molecule is COC(=O)[C@@H]1CC=CC[C@H]1C(=O)OC.COC(=O)[C@H]1CC=CC[C@@H]1C(=O)OC. The van der Waals surface area contributed by atoms with E-state index in [1.54, 1.807) is 0 Å². The zero-order valence-electron chi connectivity index (χ0n) is 16.7. The predicted molar refractivity (Wildman–Crippen MR) is 98.8 cm³/mol. The van der Waals surface area contributed by atoms with Gasteiger partial charge in [0.05, 0.1) is 52.1 Å². The lowest BCUT2D eigenvalue weighted by Gasteiger charge is -2.23. The van der Waals surface area contributed by atoms with Crippen molar-refractivity contribution in [2.45, 2.75) is 25.7 Å². The molecule has 0 spiro atoms. The van der Waals surface area contributed by atoms with Crippen molar-refractivity contribution in [3.63, 3.8) is 0 Å². The molecule has 28 heavy (non-hydrogen) atoms. The van der Waals surface area contributed by atoms with Crippen molar-refractivity contribution in [1.82, 2.24) is 0 Å². The topological polar surface area (TPSA) is 105 Å². The van der Waals surface area contributed by atoms with Crippen molar-refractivity contribution < 1.29 is 38.1 Å². The molecule has 8 heteroatoms. The first-order chi connectivity index (χ1) is 13.4. The van der Waals surface area contributed by atoms with Crippen LogP contribution in [0.2, 0.25) is 0 Å². The van der Waals surface area contributed by atoms with Crippen LogP contribution >= 0.6 is 0 Å². The Kier molecular flexibility index (Phi) is 9.98. The summed E-state index contributed by atoms with van der Waals surface area (Å²) in [6.45, 7) is 0. The molecule has 2 aliphatic carbocycles. The van der Waals surface area contributed by atoms with E-state index in [4.69, 9.17) is 0 Å². The molecule has 0 aromatic heterocycles. The first kappa shape index (κ1) is 23.4. The number of methoxy groups -OCH3 is 4. The summed E-state index contributed by atoms with van der Waals surface area (Å²) in [4.78, 5) is 45.3. The van der Waals surface area contributed by atoms with Gasteiger partial charge in [0, 0.05) is 0 Å². The molecule has 4 atom stereocenters. The molecule has 0 fully saturated rings. The van der Waals surface area contributed by atoms with Gasteiger partial charge < -0.3 is 18.9 Å². The molecule has 8 nitrogen and oxygen atoms in total. The van der Waals surface area contributed by atoms with Gasteiger partial charge in [-0.1, -0.05) is 24.3 Å². The van der Waals surface area contributed by atoms with Gasteiger partial charge in [-0.15, -0.1) is 0 Å². The molecule has 0 bridgehead atoms. The Morgan fingerprint density at radius 3 is 0.821 bits per heavy atom. The van der Waals surface area contributed by atoms with Crippen molar-refractivity contribution >= 4 is 23.9 Å². The van der Waals surface area contributed by atoms with Crippen LogP contribution < -0.4 is 0 Å². The fourth-order valence-electron chi connectivity index (χ4n) is 3.28. The predicted octanol–water partition coefficient (Wildman–Crippen LogP) is 1.83. The molecule has 0 heterocycles. The van der Waals surface area contributed by atoms with E-state index in [-0.39, 0.29) is 23.9 Å². The number of esters is 4. The molecule has 0 aromatic rings. The molecule has 0 radical (unpaired) electrons. The Labute approximate surface area is 164 Å². The summed E-state index contributed by atoms with van der Waals surface area (Å²) in [5, 5.41) is 0. The van der Waals surface area contributed by atoms with Gasteiger partial charge in [0.1, 0.15) is 0 Å². The second kappa shape index (κ2) is 11.9. The van der Waals surface area contributed by atoms with E-state index in [1.807, 2.05) is 24.3 Å². The van der Waals surface area contributed by atoms with Crippen molar-refractivity contribution in [1.29, 1.82) is 0 Å². The van der Waals surface area contributed by atoms with Gasteiger partial charge in [-0.25, -0.2) is 0 Å². The smallest absolute Gasteiger partial charge is 0.309 e. The summed E-state index contributed by atoms with van der Waals surface area (Å²) in [6, 6.07) is 0. The Bertz CT molecular complexity index is 516. The van der Waals surface area contributed by atoms with Gasteiger partial charge >= 0.3 is 23.9 Å². The van der Waals surface area contributed by atoms with E-state index < -0.39 is 23.7 Å². The number of hydrogen-bond donors (Lipinski definition) is 0. The van der Waals surface area contributed by atoms with E-state index in [0.29, 0.717) is 25.7 Å². The summed E-state index contributed by atoms with van der Waals surface area (Å²) >= 11 is 0. The zero-order valence-corrected chi connectivity index (χ0v) is 16.7. The van der Waals surface area contributed by atoms with Gasteiger partial charge in [0.2, 0.25) is 0 Å². The third-order valence-corrected chi connectivity index (χ3v) is 4.88. The largest absolute Gasteiger partial charge is 0.469 e. The van der Waals surface area contributed by atoms with Crippen molar-refractivity contribution in [2.75, 3.05) is 28.4 Å². The van der Waals surface area contributed by atoms with E-state index in [2.05, 4.69) is 18.9 Å². The van der Waals surface area contributed by atoms with Crippen LogP contribution in [0.3, 0.4) is 0 Å². The number of rotatable bonds is 4. The second-order valence-electron chi connectivity index (χ2n) is 6.40. The maximum absolute atomic E-state index is 11.3. The minimum atomic E-state index is -0.391. The van der Waals surface area contributed by atoms with Crippen LogP contribution in [-0.4, -0.2) is 52.3 Å². The Morgan fingerprint density at radius 2 is 0.679 bits per heavy atom. The van der Waals surface area contributed by atoms with Crippen molar-refractivity contribution in [3.8, 4) is 0 Å². The van der Waals surface area contributed by atoms with Crippen LogP contribution in [0, 0.1) is 23.7 Å². The van der Waals surface area contributed by atoms with Crippen molar-refractivity contribution in [2.24, 2.45) is 23.7 Å². The lowest BCUT2D eigenvalue weighted by Crippen LogP contribution is -2.32. The number of allylic oxidation sites excluding steroid dienone is 4. The molecular formula is C20H28O8. The van der Waals surface area contributed by atoms with E-state index in [0.717, 1.165) is 0 Å². The highest BCUT2D eigenvalue weighted by atomic mass is 16.5. The molecule has 0 amide bonds. The molecule has 0 saturated carbocycles. The van der Waals surface area contributed by atoms with E-state index in [1.165, 1.54) is 28.4 Å². The molecule has 2 aliphatic rings. The number of carbonyl (C=O) groups is 4. The van der Waals surface area contributed by atoms with Gasteiger partial charge in [0.25, 0.3) is 0 Å². The molecule has 156 valence electrons. The fourth-order valence-corrected chi connectivity index (χ4v) is 3.28. The standard InChI is InChI=1S/2C10H14O4/c2*1-13-9(11)7-5-3-4-6-8(7)10(12)14-2/h2*3-4,7-8H,5-6H2,1-2H3/t2*7-,8-/m10/s1. The number of hydrogen-bond acceptors (Lipinski definition) is 8. The third kappa shape index (κ3) is 6.21. The van der Waals surface area contributed by atoms with Crippen LogP contribution in [0.4, 0.5) is 0 Å². The molecule has 0 aromatic carbocycles. The van der Waals surface area contributed by atoms with Gasteiger partial charge in [0.15, 0.2) is 0 Å². The average molecular weight is 396 g/mol. The van der Waals surface area contributed by atoms with Crippen LogP contribution in [0.25, 0.3) is 0 Å². The van der Waals surface area contributed by atoms with Crippen LogP contribution in [0.5, 0.6) is 0 Å². The molecular weight excluding hydrogens is 368 g/mol. The molecule has 0 aliphatic heterocycles. The van der Waals surface area contributed by atoms with Gasteiger partial charge in [-0.05, 0) is 25.7 Å². The highest BCUT2D eigenvalue weighted by Gasteiger charge is 2.36. The van der Waals surface area contributed by atoms with Crippen LogP contribution in [0.15, 0.2) is 24.3 Å². The minimum absolute atomic E-state index is 0.343. The summed E-state index contributed by atoms with van der Waals surface area (Å²) < 4.78 is 18.5. The number of ether oxygens (including phenoxy) is 4. The third-order valence-electron chi connectivity index (χ3n) is 4.88.